The molecule has 2 saturated heterocycles. The molecule has 170 valence electrons. The summed E-state index contributed by atoms with van der Waals surface area (Å²) in [6.45, 7) is 10.1. The number of benzene rings is 1. The average Bonchev–Trinajstić information content (AvgIpc) is 2.90. The van der Waals surface area contributed by atoms with Gasteiger partial charge in [0.2, 0.25) is 11.8 Å². The number of piperidine rings is 1. The summed E-state index contributed by atoms with van der Waals surface area (Å²) in [7, 11) is 0. The van der Waals surface area contributed by atoms with Crippen LogP contribution in [0.3, 0.4) is 0 Å². The largest absolute Gasteiger partial charge is 0.340 e. The van der Waals surface area contributed by atoms with Crippen LogP contribution in [0.25, 0.3) is 6.08 Å². The molecule has 2 amide bonds. The molecule has 2 fully saturated rings. The summed E-state index contributed by atoms with van der Waals surface area (Å²) in [6, 6.07) is 5.25. The number of hydrogen-bond acceptors (Lipinski definition) is 3. The summed E-state index contributed by atoms with van der Waals surface area (Å²) >= 11 is 12.0. The number of halogens is 2. The highest BCUT2D eigenvalue weighted by Gasteiger charge is 2.30. The Kier molecular flexibility index (Phi) is 8.43. The molecule has 0 aliphatic carbocycles. The first kappa shape index (κ1) is 24.1. The molecule has 2 aliphatic heterocycles. The summed E-state index contributed by atoms with van der Waals surface area (Å²) < 4.78 is 0. The van der Waals surface area contributed by atoms with Gasteiger partial charge < -0.3 is 14.7 Å². The SMILES string of the molecule is CC(C)(CN1CCCCC1)CN1CCN(C(=O)/C=C/c2ccc(Cl)c(Cl)c2)CCC1=O. The highest BCUT2D eigenvalue weighted by atomic mass is 35.5. The molecule has 0 N–H and O–H groups in total. The van der Waals surface area contributed by atoms with Crippen LogP contribution in [0, 0.1) is 5.41 Å². The zero-order chi connectivity index (χ0) is 22.4. The molecule has 0 spiro atoms. The number of rotatable bonds is 6. The normalized spacial score (nSPS) is 19.2. The van der Waals surface area contributed by atoms with Crippen molar-refractivity contribution in [2.45, 2.75) is 39.5 Å². The molecule has 31 heavy (non-hydrogen) atoms. The van der Waals surface area contributed by atoms with Crippen LogP contribution in [-0.2, 0) is 9.59 Å². The van der Waals surface area contributed by atoms with E-state index in [1.807, 2.05) is 11.0 Å². The van der Waals surface area contributed by atoms with Gasteiger partial charge in [-0.1, -0.05) is 49.5 Å². The smallest absolute Gasteiger partial charge is 0.246 e. The van der Waals surface area contributed by atoms with Crippen molar-refractivity contribution in [1.29, 1.82) is 0 Å². The first-order valence-electron chi connectivity index (χ1n) is 11.2. The van der Waals surface area contributed by atoms with E-state index in [4.69, 9.17) is 23.2 Å². The molecule has 7 heteroatoms. The minimum atomic E-state index is -0.0895. The third kappa shape index (κ3) is 7.23. The molecule has 1 aromatic carbocycles. The van der Waals surface area contributed by atoms with Gasteiger partial charge in [0, 0.05) is 45.2 Å². The van der Waals surface area contributed by atoms with Crippen molar-refractivity contribution in [3.8, 4) is 0 Å². The maximum Gasteiger partial charge on any atom is 0.246 e. The van der Waals surface area contributed by atoms with E-state index in [0.717, 1.165) is 31.7 Å². The molecule has 0 unspecified atom stereocenters. The lowest BCUT2D eigenvalue weighted by Crippen LogP contribution is -2.46. The Labute approximate surface area is 196 Å². The van der Waals surface area contributed by atoms with E-state index < -0.39 is 0 Å². The van der Waals surface area contributed by atoms with E-state index in [0.29, 0.717) is 36.1 Å². The van der Waals surface area contributed by atoms with E-state index in [1.165, 1.54) is 19.3 Å². The van der Waals surface area contributed by atoms with Gasteiger partial charge in [-0.25, -0.2) is 0 Å². The Morgan fingerprint density at radius 2 is 1.74 bits per heavy atom. The number of carbonyl (C=O) groups excluding carboxylic acids is 2. The topological polar surface area (TPSA) is 43.9 Å². The van der Waals surface area contributed by atoms with Gasteiger partial charge in [-0.2, -0.15) is 0 Å². The van der Waals surface area contributed by atoms with Gasteiger partial charge in [0.15, 0.2) is 0 Å². The van der Waals surface area contributed by atoms with Gasteiger partial charge in [-0.3, -0.25) is 9.59 Å². The summed E-state index contributed by atoms with van der Waals surface area (Å²) in [4.78, 5) is 31.6. The lowest BCUT2D eigenvalue weighted by Gasteiger charge is -2.38. The second kappa shape index (κ2) is 10.8. The molecule has 0 atom stereocenters. The maximum absolute atomic E-state index is 12.7. The van der Waals surface area contributed by atoms with Gasteiger partial charge in [-0.15, -0.1) is 0 Å². The zero-order valence-corrected chi connectivity index (χ0v) is 20.1. The lowest BCUT2D eigenvalue weighted by molar-refractivity contribution is -0.131. The number of hydrogen-bond donors (Lipinski definition) is 0. The van der Waals surface area contributed by atoms with Crippen molar-refractivity contribution in [3.05, 3.63) is 39.9 Å². The van der Waals surface area contributed by atoms with E-state index in [2.05, 4.69) is 18.7 Å². The predicted molar refractivity (Wildman–Crippen MR) is 127 cm³/mol. The first-order valence-corrected chi connectivity index (χ1v) is 11.9. The van der Waals surface area contributed by atoms with Gasteiger partial charge in [-0.05, 0) is 55.1 Å². The summed E-state index contributed by atoms with van der Waals surface area (Å²) in [5, 5.41) is 0.943. The van der Waals surface area contributed by atoms with Crippen LogP contribution in [0.1, 0.15) is 45.1 Å². The van der Waals surface area contributed by atoms with Gasteiger partial charge >= 0.3 is 0 Å². The summed E-state index contributed by atoms with van der Waals surface area (Å²) in [5.41, 5.74) is 0.842. The van der Waals surface area contributed by atoms with Crippen molar-refractivity contribution in [2.24, 2.45) is 5.41 Å². The number of nitrogens with zero attached hydrogens (tertiary/aromatic N) is 3. The molecule has 1 aromatic rings. The number of amides is 2. The Morgan fingerprint density at radius 1 is 1.00 bits per heavy atom. The standard InChI is InChI=1S/C24H33Cl2N3O2/c1-24(2,17-27-11-4-3-5-12-27)18-29-15-14-28(13-10-23(29)31)22(30)9-7-19-6-8-20(25)21(26)16-19/h6-9,16H,3-5,10-15,17-18H2,1-2H3/b9-7+. The molecule has 2 heterocycles. The molecular weight excluding hydrogens is 433 g/mol. The minimum absolute atomic E-state index is 0.0277. The average molecular weight is 466 g/mol. The Balaban J connectivity index is 1.55. The molecule has 2 aliphatic rings. The Morgan fingerprint density at radius 3 is 2.45 bits per heavy atom. The minimum Gasteiger partial charge on any atom is -0.340 e. The molecule has 3 rings (SSSR count). The highest BCUT2D eigenvalue weighted by molar-refractivity contribution is 6.42. The fraction of sp³-hybridized carbons (Fsp3) is 0.583. The number of carbonyl (C=O) groups is 2. The Bertz CT molecular complexity index is 819. The highest BCUT2D eigenvalue weighted by Crippen LogP contribution is 2.24. The maximum atomic E-state index is 12.7. The van der Waals surface area contributed by atoms with E-state index >= 15 is 0 Å². The van der Waals surface area contributed by atoms with Gasteiger partial charge in [0.05, 0.1) is 10.0 Å². The van der Waals surface area contributed by atoms with E-state index in [1.54, 1.807) is 29.2 Å². The van der Waals surface area contributed by atoms with Crippen LogP contribution >= 0.6 is 23.2 Å². The molecule has 0 radical (unpaired) electrons. The molecule has 0 bridgehead atoms. The van der Waals surface area contributed by atoms with Crippen molar-refractivity contribution in [1.82, 2.24) is 14.7 Å². The van der Waals surface area contributed by atoms with Crippen LogP contribution in [0.15, 0.2) is 24.3 Å². The molecular formula is C24H33Cl2N3O2. The quantitative estimate of drug-likeness (QED) is 0.577. The fourth-order valence-corrected chi connectivity index (χ4v) is 4.74. The number of likely N-dealkylation sites (tertiary alicyclic amines) is 1. The predicted octanol–water partition coefficient (Wildman–Crippen LogP) is 4.58. The third-order valence-electron chi connectivity index (χ3n) is 5.98. The van der Waals surface area contributed by atoms with Crippen LogP contribution in [0.5, 0.6) is 0 Å². The van der Waals surface area contributed by atoms with Gasteiger partial charge in [0.1, 0.15) is 0 Å². The summed E-state index contributed by atoms with van der Waals surface area (Å²) in [5.74, 6) is 0.0452. The zero-order valence-electron chi connectivity index (χ0n) is 18.6. The van der Waals surface area contributed by atoms with E-state index in [9.17, 15) is 9.59 Å². The third-order valence-corrected chi connectivity index (χ3v) is 6.72. The van der Waals surface area contributed by atoms with Crippen LogP contribution in [-0.4, -0.2) is 72.3 Å². The second-order valence-electron chi connectivity index (χ2n) is 9.40. The summed E-state index contributed by atoms with van der Waals surface area (Å²) in [6.07, 6.45) is 7.50. The molecule has 5 nitrogen and oxygen atoms in total. The van der Waals surface area contributed by atoms with E-state index in [-0.39, 0.29) is 17.2 Å². The van der Waals surface area contributed by atoms with Crippen LogP contribution in [0.2, 0.25) is 10.0 Å². The van der Waals surface area contributed by atoms with Crippen molar-refractivity contribution in [3.63, 3.8) is 0 Å². The van der Waals surface area contributed by atoms with Gasteiger partial charge in [0.25, 0.3) is 0 Å². The second-order valence-corrected chi connectivity index (χ2v) is 10.2. The molecule has 0 saturated carbocycles. The van der Waals surface area contributed by atoms with Crippen molar-refractivity contribution < 1.29 is 9.59 Å². The monoisotopic (exact) mass is 465 g/mol. The lowest BCUT2D eigenvalue weighted by atomic mass is 9.91. The Hall–Kier alpha value is -1.56. The van der Waals surface area contributed by atoms with Crippen molar-refractivity contribution in [2.75, 3.05) is 45.8 Å². The van der Waals surface area contributed by atoms with Crippen LogP contribution in [0.4, 0.5) is 0 Å². The van der Waals surface area contributed by atoms with Crippen molar-refractivity contribution >= 4 is 41.1 Å². The molecule has 0 aromatic heterocycles. The first-order chi connectivity index (χ1) is 14.7. The fourth-order valence-electron chi connectivity index (χ4n) is 4.43. The van der Waals surface area contributed by atoms with Crippen LogP contribution < -0.4 is 0 Å².